The second-order valence-electron chi connectivity index (χ2n) is 6.74. The average Bonchev–Trinajstić information content (AvgIpc) is 3.01. The molecule has 0 saturated heterocycles. The highest BCUT2D eigenvalue weighted by Gasteiger charge is 2.21. The Morgan fingerprint density at radius 3 is 2.54 bits per heavy atom. The van der Waals surface area contributed by atoms with Crippen molar-refractivity contribution in [2.75, 3.05) is 0 Å². The zero-order valence-electron chi connectivity index (χ0n) is 15.2. The smallest absolute Gasteiger partial charge is 0.481 e. The first-order valence-corrected chi connectivity index (χ1v) is 8.19. The van der Waals surface area contributed by atoms with E-state index in [1.165, 1.54) is 6.07 Å². The SMILES string of the molecule is CC(C)(C)OC(=O)Oc1cccc2oc(COc3ccc(F)c(F)c3F)nc12. The molecule has 0 aliphatic carbocycles. The van der Waals surface area contributed by atoms with Crippen LogP contribution < -0.4 is 9.47 Å². The number of hydrogen-bond acceptors (Lipinski definition) is 6. The Balaban J connectivity index is 1.78. The van der Waals surface area contributed by atoms with Crippen LogP contribution in [0.3, 0.4) is 0 Å². The van der Waals surface area contributed by atoms with Gasteiger partial charge in [-0.05, 0) is 45.0 Å². The predicted octanol–water partition coefficient (Wildman–Crippen LogP) is 5.14. The lowest BCUT2D eigenvalue weighted by atomic mass is 10.2. The molecule has 0 atom stereocenters. The van der Waals surface area contributed by atoms with Gasteiger partial charge in [-0.25, -0.2) is 18.6 Å². The molecule has 0 N–H and O–H groups in total. The number of nitrogens with zero attached hydrogens (tertiary/aromatic N) is 1. The van der Waals surface area contributed by atoms with Gasteiger partial charge in [0.15, 0.2) is 40.8 Å². The molecule has 28 heavy (non-hydrogen) atoms. The van der Waals surface area contributed by atoms with Crippen molar-refractivity contribution in [3.63, 3.8) is 0 Å². The standard InChI is InChI=1S/C19H16F3NO5/c1-19(2,3)28-18(24)27-13-6-4-5-12-17(13)23-14(26-12)9-25-11-8-7-10(20)15(21)16(11)22/h4-8H,9H2,1-3H3. The van der Waals surface area contributed by atoms with Crippen molar-refractivity contribution in [2.45, 2.75) is 33.0 Å². The van der Waals surface area contributed by atoms with Gasteiger partial charge in [-0.3, -0.25) is 0 Å². The molecule has 6 nitrogen and oxygen atoms in total. The molecule has 0 unspecified atom stereocenters. The van der Waals surface area contributed by atoms with Gasteiger partial charge >= 0.3 is 6.16 Å². The maximum atomic E-state index is 13.7. The lowest BCUT2D eigenvalue weighted by Gasteiger charge is -2.18. The van der Waals surface area contributed by atoms with Crippen molar-refractivity contribution in [2.24, 2.45) is 0 Å². The Kier molecular flexibility index (Phi) is 5.17. The van der Waals surface area contributed by atoms with Crippen molar-refractivity contribution in [1.82, 2.24) is 4.98 Å². The third-order valence-electron chi connectivity index (χ3n) is 3.36. The molecule has 3 rings (SSSR count). The normalized spacial score (nSPS) is 11.5. The van der Waals surface area contributed by atoms with Crippen molar-refractivity contribution < 1.29 is 36.6 Å². The summed E-state index contributed by atoms with van der Waals surface area (Å²) in [6.45, 7) is 4.72. The molecule has 3 aromatic rings. The number of fused-ring (bicyclic) bond motifs is 1. The molecule has 0 radical (unpaired) electrons. The van der Waals surface area contributed by atoms with Crippen molar-refractivity contribution >= 4 is 17.3 Å². The van der Waals surface area contributed by atoms with Gasteiger partial charge in [0.2, 0.25) is 11.7 Å². The van der Waals surface area contributed by atoms with E-state index >= 15 is 0 Å². The number of benzene rings is 2. The first-order chi connectivity index (χ1) is 13.1. The molecule has 0 bridgehead atoms. The van der Waals surface area contributed by atoms with Crippen LogP contribution in [0.15, 0.2) is 34.7 Å². The summed E-state index contributed by atoms with van der Waals surface area (Å²) >= 11 is 0. The van der Waals surface area contributed by atoms with E-state index in [1.54, 1.807) is 32.9 Å². The van der Waals surface area contributed by atoms with Crippen LogP contribution in [0.25, 0.3) is 11.1 Å². The first kappa shape index (κ1) is 19.5. The maximum Gasteiger partial charge on any atom is 0.514 e. The molecule has 0 aliphatic heterocycles. The Morgan fingerprint density at radius 1 is 1.07 bits per heavy atom. The van der Waals surface area contributed by atoms with Crippen LogP contribution in [-0.4, -0.2) is 16.7 Å². The van der Waals surface area contributed by atoms with Crippen molar-refractivity contribution in [1.29, 1.82) is 0 Å². The molecule has 0 fully saturated rings. The van der Waals surface area contributed by atoms with Gasteiger partial charge in [0.25, 0.3) is 0 Å². The van der Waals surface area contributed by atoms with E-state index in [9.17, 15) is 18.0 Å². The van der Waals surface area contributed by atoms with E-state index in [0.29, 0.717) is 0 Å². The zero-order chi connectivity index (χ0) is 20.5. The molecule has 0 spiro atoms. The van der Waals surface area contributed by atoms with Crippen LogP contribution in [0.1, 0.15) is 26.7 Å². The Bertz CT molecular complexity index is 1030. The minimum atomic E-state index is -1.64. The van der Waals surface area contributed by atoms with Gasteiger partial charge in [0, 0.05) is 0 Å². The summed E-state index contributed by atoms with van der Waals surface area (Å²) in [5.41, 5.74) is -0.231. The second-order valence-corrected chi connectivity index (χ2v) is 6.74. The number of ether oxygens (including phenoxy) is 3. The summed E-state index contributed by atoms with van der Waals surface area (Å²) in [5, 5.41) is 0. The van der Waals surface area contributed by atoms with E-state index in [4.69, 9.17) is 18.6 Å². The molecular formula is C19H16F3NO5. The van der Waals surface area contributed by atoms with Crippen LogP contribution in [0.2, 0.25) is 0 Å². The maximum absolute atomic E-state index is 13.7. The minimum Gasteiger partial charge on any atom is -0.481 e. The van der Waals surface area contributed by atoms with Gasteiger partial charge in [0.05, 0.1) is 0 Å². The minimum absolute atomic E-state index is 0.0133. The van der Waals surface area contributed by atoms with Gasteiger partial charge in [0.1, 0.15) is 5.60 Å². The Hall–Kier alpha value is -3.23. The van der Waals surface area contributed by atoms with Crippen LogP contribution in [0, 0.1) is 17.5 Å². The second kappa shape index (κ2) is 7.41. The fourth-order valence-corrected chi connectivity index (χ4v) is 2.23. The number of carbonyl (C=O) groups excluding carboxylic acids is 1. The molecular weight excluding hydrogens is 379 g/mol. The first-order valence-electron chi connectivity index (χ1n) is 8.19. The van der Waals surface area contributed by atoms with E-state index < -0.39 is 35.0 Å². The van der Waals surface area contributed by atoms with Crippen LogP contribution in [-0.2, 0) is 11.3 Å². The fourth-order valence-electron chi connectivity index (χ4n) is 2.23. The molecule has 1 heterocycles. The number of carbonyl (C=O) groups is 1. The van der Waals surface area contributed by atoms with Crippen molar-refractivity contribution in [3.05, 3.63) is 53.7 Å². The van der Waals surface area contributed by atoms with Gasteiger partial charge in [-0.15, -0.1) is 0 Å². The number of para-hydroxylation sites is 1. The lowest BCUT2D eigenvalue weighted by Crippen LogP contribution is -2.26. The predicted molar refractivity (Wildman–Crippen MR) is 91.5 cm³/mol. The monoisotopic (exact) mass is 395 g/mol. The molecule has 2 aromatic carbocycles. The summed E-state index contributed by atoms with van der Waals surface area (Å²) < 4.78 is 60.6. The van der Waals surface area contributed by atoms with Gasteiger partial charge in [-0.2, -0.15) is 4.39 Å². The Labute approximate surface area is 157 Å². The molecule has 0 saturated carbocycles. The molecule has 0 aliphatic rings. The lowest BCUT2D eigenvalue weighted by molar-refractivity contribution is 0.0209. The van der Waals surface area contributed by atoms with Crippen LogP contribution in [0.5, 0.6) is 11.5 Å². The zero-order valence-corrected chi connectivity index (χ0v) is 15.2. The molecule has 0 amide bonds. The summed E-state index contributed by atoms with van der Waals surface area (Å²) in [5.74, 6) is -4.80. The Morgan fingerprint density at radius 2 is 1.82 bits per heavy atom. The highest BCUT2D eigenvalue weighted by molar-refractivity contribution is 5.82. The van der Waals surface area contributed by atoms with Crippen LogP contribution >= 0.6 is 0 Å². The number of rotatable bonds is 4. The summed E-state index contributed by atoms with van der Waals surface area (Å²) in [7, 11) is 0. The fraction of sp³-hybridized carbons (Fsp3) is 0.263. The highest BCUT2D eigenvalue weighted by Crippen LogP contribution is 2.28. The van der Waals surface area contributed by atoms with E-state index in [2.05, 4.69) is 4.98 Å². The third-order valence-corrected chi connectivity index (χ3v) is 3.36. The van der Waals surface area contributed by atoms with E-state index in [0.717, 1.165) is 12.1 Å². The van der Waals surface area contributed by atoms with E-state index in [-0.39, 0.29) is 29.3 Å². The molecule has 9 heteroatoms. The summed E-state index contributed by atoms with van der Waals surface area (Å²) in [6.07, 6.45) is -0.912. The number of hydrogen-bond donors (Lipinski definition) is 0. The number of oxazole rings is 1. The number of halogens is 3. The largest absolute Gasteiger partial charge is 0.514 e. The van der Waals surface area contributed by atoms with Crippen LogP contribution in [0.4, 0.5) is 18.0 Å². The average molecular weight is 395 g/mol. The summed E-state index contributed by atoms with van der Waals surface area (Å²) in [4.78, 5) is 16.0. The third kappa shape index (κ3) is 4.36. The van der Waals surface area contributed by atoms with Crippen molar-refractivity contribution in [3.8, 4) is 11.5 Å². The summed E-state index contributed by atoms with van der Waals surface area (Å²) in [6, 6.07) is 6.34. The van der Waals surface area contributed by atoms with Gasteiger partial charge < -0.3 is 18.6 Å². The van der Waals surface area contributed by atoms with Gasteiger partial charge in [-0.1, -0.05) is 6.07 Å². The highest BCUT2D eigenvalue weighted by atomic mass is 19.2. The molecule has 1 aromatic heterocycles. The number of aromatic nitrogens is 1. The quantitative estimate of drug-likeness (QED) is 0.346. The van der Waals surface area contributed by atoms with E-state index in [1.807, 2.05) is 0 Å². The molecule has 148 valence electrons. The topological polar surface area (TPSA) is 70.8 Å².